The Bertz CT molecular complexity index is 1190. The Morgan fingerprint density at radius 3 is 2.53 bits per heavy atom. The number of benzene rings is 3. The number of nitrogens with one attached hydrogen (secondary N) is 3. The van der Waals surface area contributed by atoms with E-state index in [4.69, 9.17) is 14.2 Å². The molecule has 3 aromatic carbocycles. The summed E-state index contributed by atoms with van der Waals surface area (Å²) in [4.78, 5) is 25.1. The van der Waals surface area contributed by atoms with Crippen molar-refractivity contribution in [2.75, 3.05) is 24.9 Å². The third-order valence-electron chi connectivity index (χ3n) is 4.99. The number of urea groups is 1. The number of carbonyl (C=O) groups excluding carboxylic acids is 2. The van der Waals surface area contributed by atoms with Crippen LogP contribution in [0.1, 0.15) is 21.5 Å². The first-order valence-electron chi connectivity index (χ1n) is 9.96. The summed E-state index contributed by atoms with van der Waals surface area (Å²) >= 11 is 0. The van der Waals surface area contributed by atoms with Crippen molar-refractivity contribution < 1.29 is 23.8 Å². The third-order valence-corrected chi connectivity index (χ3v) is 4.99. The second-order valence-corrected chi connectivity index (χ2v) is 7.26. The van der Waals surface area contributed by atoms with Crippen LogP contribution in [0.25, 0.3) is 0 Å². The fourth-order valence-corrected chi connectivity index (χ4v) is 3.36. The van der Waals surface area contributed by atoms with Crippen LogP contribution in [0.15, 0.2) is 54.6 Å². The molecule has 0 fully saturated rings. The van der Waals surface area contributed by atoms with Gasteiger partial charge in [-0.15, -0.1) is 0 Å². The van der Waals surface area contributed by atoms with Crippen LogP contribution in [0, 0.1) is 6.92 Å². The molecular formula is C24H23N3O5. The maximum atomic E-state index is 12.7. The SMILES string of the molecule is COc1ccc(CNC(=O)Nc2ccc3c(c2)C(=O)Nc2cc(C)ccc2O3)cc1OC. The molecule has 3 N–H and O–H groups in total. The zero-order valence-electron chi connectivity index (χ0n) is 17.9. The van der Waals surface area contributed by atoms with E-state index in [9.17, 15) is 9.59 Å². The predicted molar refractivity (Wildman–Crippen MR) is 121 cm³/mol. The van der Waals surface area contributed by atoms with Crippen molar-refractivity contribution in [2.24, 2.45) is 0 Å². The van der Waals surface area contributed by atoms with Gasteiger partial charge in [0.25, 0.3) is 5.91 Å². The molecule has 0 atom stereocenters. The maximum Gasteiger partial charge on any atom is 0.319 e. The molecule has 3 amide bonds. The van der Waals surface area contributed by atoms with Crippen LogP contribution in [0.4, 0.5) is 16.2 Å². The van der Waals surface area contributed by atoms with Crippen molar-refractivity contribution in [1.82, 2.24) is 5.32 Å². The number of amides is 3. The molecule has 0 aliphatic carbocycles. The van der Waals surface area contributed by atoms with Crippen molar-refractivity contribution in [2.45, 2.75) is 13.5 Å². The first-order valence-corrected chi connectivity index (χ1v) is 9.96. The number of anilines is 2. The van der Waals surface area contributed by atoms with Gasteiger partial charge in [-0.3, -0.25) is 4.79 Å². The molecule has 0 spiro atoms. The molecule has 0 aromatic heterocycles. The minimum atomic E-state index is -0.409. The highest BCUT2D eigenvalue weighted by molar-refractivity contribution is 6.09. The lowest BCUT2D eigenvalue weighted by molar-refractivity contribution is 0.102. The van der Waals surface area contributed by atoms with Crippen LogP contribution in [0.2, 0.25) is 0 Å². The molecule has 1 aliphatic rings. The van der Waals surface area contributed by atoms with Crippen LogP contribution in [0.3, 0.4) is 0 Å². The Hall–Kier alpha value is -4.20. The standard InChI is InChI=1S/C24H23N3O5/c1-14-4-7-20-18(10-14)27-23(28)17-12-16(6-9-19(17)32-20)26-24(29)25-13-15-5-8-21(30-2)22(11-15)31-3/h4-12H,13H2,1-3H3,(H,27,28)(H2,25,26,29). The first kappa shape index (κ1) is 21.0. The Morgan fingerprint density at radius 1 is 0.969 bits per heavy atom. The number of ether oxygens (including phenoxy) is 3. The van der Waals surface area contributed by atoms with E-state index in [1.54, 1.807) is 44.6 Å². The highest BCUT2D eigenvalue weighted by Gasteiger charge is 2.21. The van der Waals surface area contributed by atoms with Crippen LogP contribution >= 0.6 is 0 Å². The van der Waals surface area contributed by atoms with E-state index < -0.39 is 6.03 Å². The lowest BCUT2D eigenvalue weighted by Crippen LogP contribution is -2.28. The smallest absolute Gasteiger partial charge is 0.319 e. The number of hydrogen-bond donors (Lipinski definition) is 3. The van der Waals surface area contributed by atoms with Gasteiger partial charge in [0, 0.05) is 12.2 Å². The molecule has 164 valence electrons. The summed E-state index contributed by atoms with van der Waals surface area (Å²) in [6.45, 7) is 2.22. The minimum Gasteiger partial charge on any atom is -0.493 e. The zero-order chi connectivity index (χ0) is 22.7. The van der Waals surface area contributed by atoms with Gasteiger partial charge in [-0.05, 0) is 60.5 Å². The van der Waals surface area contributed by atoms with Crippen molar-refractivity contribution in [3.63, 3.8) is 0 Å². The number of carbonyl (C=O) groups is 2. The highest BCUT2D eigenvalue weighted by Crippen LogP contribution is 2.37. The van der Waals surface area contributed by atoms with Gasteiger partial charge in [0.2, 0.25) is 0 Å². The molecule has 8 heteroatoms. The number of rotatable bonds is 5. The van der Waals surface area contributed by atoms with E-state index in [2.05, 4.69) is 16.0 Å². The normalized spacial score (nSPS) is 11.8. The van der Waals surface area contributed by atoms with E-state index >= 15 is 0 Å². The van der Waals surface area contributed by atoms with E-state index in [-0.39, 0.29) is 12.5 Å². The maximum absolute atomic E-state index is 12.7. The molecule has 0 saturated heterocycles. The van der Waals surface area contributed by atoms with Crippen molar-refractivity contribution in [1.29, 1.82) is 0 Å². The van der Waals surface area contributed by atoms with Crippen LogP contribution in [-0.2, 0) is 6.54 Å². The molecule has 8 nitrogen and oxygen atoms in total. The number of aryl methyl sites for hydroxylation is 1. The molecule has 0 radical (unpaired) electrons. The van der Waals surface area contributed by atoms with Crippen molar-refractivity contribution in [3.05, 3.63) is 71.3 Å². The molecule has 1 heterocycles. The Kier molecular flexibility index (Phi) is 5.85. The van der Waals surface area contributed by atoms with E-state index in [0.29, 0.717) is 39.9 Å². The van der Waals surface area contributed by atoms with Gasteiger partial charge in [-0.1, -0.05) is 12.1 Å². The Morgan fingerprint density at radius 2 is 1.75 bits per heavy atom. The highest BCUT2D eigenvalue weighted by atomic mass is 16.5. The van der Waals surface area contributed by atoms with E-state index in [0.717, 1.165) is 11.1 Å². The molecule has 1 aliphatic heterocycles. The van der Waals surface area contributed by atoms with Gasteiger partial charge >= 0.3 is 6.03 Å². The summed E-state index contributed by atoms with van der Waals surface area (Å²) in [7, 11) is 3.12. The van der Waals surface area contributed by atoms with E-state index in [1.807, 2.05) is 31.2 Å². The minimum absolute atomic E-state index is 0.287. The van der Waals surface area contributed by atoms with Crippen LogP contribution in [0.5, 0.6) is 23.0 Å². The Labute approximate surface area is 185 Å². The molecule has 0 bridgehead atoms. The van der Waals surface area contributed by atoms with Gasteiger partial charge in [-0.25, -0.2) is 4.79 Å². The quantitative estimate of drug-likeness (QED) is 0.542. The zero-order valence-corrected chi connectivity index (χ0v) is 17.9. The van der Waals surface area contributed by atoms with Crippen LogP contribution < -0.4 is 30.2 Å². The van der Waals surface area contributed by atoms with E-state index in [1.165, 1.54) is 0 Å². The Balaban J connectivity index is 1.44. The fourth-order valence-electron chi connectivity index (χ4n) is 3.36. The summed E-state index contributed by atoms with van der Waals surface area (Å²) in [5, 5.41) is 8.38. The molecule has 0 unspecified atom stereocenters. The summed E-state index contributed by atoms with van der Waals surface area (Å²) in [5.74, 6) is 1.87. The predicted octanol–water partition coefficient (Wildman–Crippen LogP) is 4.69. The largest absolute Gasteiger partial charge is 0.493 e. The van der Waals surface area contributed by atoms with Crippen molar-refractivity contribution >= 4 is 23.3 Å². The first-order chi connectivity index (χ1) is 15.5. The topological polar surface area (TPSA) is 97.9 Å². The molecule has 32 heavy (non-hydrogen) atoms. The lowest BCUT2D eigenvalue weighted by Gasteiger charge is -2.12. The number of methoxy groups -OCH3 is 2. The number of fused-ring (bicyclic) bond motifs is 2. The monoisotopic (exact) mass is 433 g/mol. The van der Waals surface area contributed by atoms with Gasteiger partial charge in [-0.2, -0.15) is 0 Å². The average molecular weight is 433 g/mol. The number of hydrogen-bond acceptors (Lipinski definition) is 5. The lowest BCUT2D eigenvalue weighted by atomic mass is 10.1. The molecule has 4 rings (SSSR count). The second kappa shape index (κ2) is 8.89. The summed E-state index contributed by atoms with van der Waals surface area (Å²) in [6, 6.07) is 15.5. The van der Waals surface area contributed by atoms with Gasteiger partial charge in [0.05, 0.1) is 25.5 Å². The summed E-state index contributed by atoms with van der Waals surface area (Å²) in [5.41, 5.74) is 3.26. The van der Waals surface area contributed by atoms with Crippen molar-refractivity contribution in [3.8, 4) is 23.0 Å². The summed E-state index contributed by atoms with van der Waals surface area (Å²) in [6.07, 6.45) is 0. The van der Waals surface area contributed by atoms with Gasteiger partial charge in [0.15, 0.2) is 17.2 Å². The van der Waals surface area contributed by atoms with Gasteiger partial charge < -0.3 is 30.2 Å². The average Bonchev–Trinajstić information content (AvgIpc) is 2.92. The molecule has 3 aromatic rings. The van der Waals surface area contributed by atoms with Gasteiger partial charge in [0.1, 0.15) is 5.75 Å². The third kappa shape index (κ3) is 4.44. The molecule has 0 saturated carbocycles. The van der Waals surface area contributed by atoms with Crippen LogP contribution in [-0.4, -0.2) is 26.2 Å². The fraction of sp³-hybridized carbons (Fsp3) is 0.167. The second-order valence-electron chi connectivity index (χ2n) is 7.26. The summed E-state index contributed by atoms with van der Waals surface area (Å²) < 4.78 is 16.4. The molecular weight excluding hydrogens is 410 g/mol.